The maximum absolute atomic E-state index is 13.6. The third-order valence-corrected chi connectivity index (χ3v) is 6.78. The van der Waals surface area contributed by atoms with Crippen LogP contribution in [0.25, 0.3) is 11.0 Å². The first kappa shape index (κ1) is 23.0. The fourth-order valence-electron chi connectivity index (χ4n) is 4.04. The number of carbonyl (C=O) groups is 1. The minimum Gasteiger partial charge on any atom is -0.450 e. The third kappa shape index (κ3) is 3.70. The van der Waals surface area contributed by atoms with Crippen LogP contribution in [0, 0.1) is 0 Å². The summed E-state index contributed by atoms with van der Waals surface area (Å²) < 4.78 is 46.7. The van der Waals surface area contributed by atoms with Crippen LogP contribution in [-0.4, -0.2) is 5.91 Å². The fraction of sp³-hybridized carbons (Fsp3) is 0.0833. The van der Waals surface area contributed by atoms with Gasteiger partial charge in [-0.1, -0.05) is 51.3 Å². The summed E-state index contributed by atoms with van der Waals surface area (Å²) in [5.74, 6) is -0.986. The molecule has 0 radical (unpaired) electrons. The Hall–Kier alpha value is -2.81. The maximum Gasteiger partial charge on any atom is 0.416 e. The molecule has 0 fully saturated rings. The molecular formula is C24H11BrCl2F3NO3. The number of amides is 1. The normalized spacial score (nSPS) is 15.8. The first-order valence-corrected chi connectivity index (χ1v) is 11.3. The molecule has 0 bridgehead atoms. The Bertz CT molecular complexity index is 1550. The lowest BCUT2D eigenvalue weighted by molar-refractivity contribution is -0.137. The van der Waals surface area contributed by atoms with Crippen LogP contribution in [0.2, 0.25) is 10.0 Å². The van der Waals surface area contributed by atoms with Crippen molar-refractivity contribution in [2.75, 3.05) is 4.90 Å². The number of rotatable bonds is 2. The van der Waals surface area contributed by atoms with Gasteiger partial charge in [-0.2, -0.15) is 13.2 Å². The van der Waals surface area contributed by atoms with Gasteiger partial charge in [0.1, 0.15) is 5.58 Å². The maximum atomic E-state index is 13.6. The molecule has 0 aliphatic carbocycles. The minimum atomic E-state index is -4.63. The number of nitrogens with zero attached hydrogens (tertiary/aromatic N) is 1. The predicted octanol–water partition coefficient (Wildman–Crippen LogP) is 7.63. The number of hydrogen-bond donors (Lipinski definition) is 0. The highest BCUT2D eigenvalue weighted by Crippen LogP contribution is 2.43. The van der Waals surface area contributed by atoms with Crippen molar-refractivity contribution >= 4 is 61.7 Å². The second kappa shape index (κ2) is 8.15. The molecule has 3 aromatic carbocycles. The molecule has 4 nitrogen and oxygen atoms in total. The molecule has 2 heterocycles. The summed E-state index contributed by atoms with van der Waals surface area (Å²) in [5.41, 5.74) is -0.885. The van der Waals surface area contributed by atoms with Crippen molar-refractivity contribution in [2.24, 2.45) is 0 Å². The molecule has 0 spiro atoms. The van der Waals surface area contributed by atoms with Gasteiger partial charge in [0.15, 0.2) is 5.43 Å². The molecule has 5 rings (SSSR count). The van der Waals surface area contributed by atoms with Crippen molar-refractivity contribution in [1.82, 2.24) is 0 Å². The van der Waals surface area contributed by atoms with Gasteiger partial charge in [-0.05, 0) is 54.1 Å². The quantitative estimate of drug-likeness (QED) is 0.250. The molecule has 0 saturated carbocycles. The second-order valence-electron chi connectivity index (χ2n) is 7.61. The third-order valence-electron chi connectivity index (χ3n) is 5.54. The van der Waals surface area contributed by atoms with Crippen LogP contribution in [0.3, 0.4) is 0 Å². The van der Waals surface area contributed by atoms with E-state index < -0.39 is 29.1 Å². The molecule has 1 aliphatic rings. The van der Waals surface area contributed by atoms with Crippen LogP contribution in [0.4, 0.5) is 18.9 Å². The largest absolute Gasteiger partial charge is 0.450 e. The Morgan fingerprint density at radius 2 is 1.71 bits per heavy atom. The van der Waals surface area contributed by atoms with E-state index in [9.17, 15) is 22.8 Å². The Morgan fingerprint density at radius 1 is 0.941 bits per heavy atom. The number of carbonyl (C=O) groups excluding carboxylic acids is 1. The van der Waals surface area contributed by atoms with Crippen LogP contribution in [-0.2, 0) is 6.18 Å². The summed E-state index contributed by atoms with van der Waals surface area (Å²) in [6.07, 6.45) is -4.63. The van der Waals surface area contributed by atoms with E-state index in [1.165, 1.54) is 30.3 Å². The zero-order chi connectivity index (χ0) is 24.4. The van der Waals surface area contributed by atoms with E-state index >= 15 is 0 Å². The lowest BCUT2D eigenvalue weighted by Crippen LogP contribution is -2.29. The van der Waals surface area contributed by atoms with Crippen LogP contribution >= 0.6 is 39.1 Å². The van der Waals surface area contributed by atoms with Gasteiger partial charge < -0.3 is 4.42 Å². The van der Waals surface area contributed by atoms with Crippen LogP contribution < -0.4 is 10.3 Å². The van der Waals surface area contributed by atoms with Gasteiger partial charge in [-0.25, -0.2) is 0 Å². The van der Waals surface area contributed by atoms with E-state index in [0.29, 0.717) is 10.0 Å². The molecule has 1 atom stereocenters. The zero-order valence-electron chi connectivity index (χ0n) is 16.8. The number of fused-ring (bicyclic) bond motifs is 2. The van der Waals surface area contributed by atoms with E-state index in [0.717, 1.165) is 17.0 Å². The molecule has 1 aromatic heterocycles. The zero-order valence-corrected chi connectivity index (χ0v) is 19.9. The topological polar surface area (TPSA) is 50.5 Å². The molecule has 172 valence electrons. The molecule has 4 aromatic rings. The summed E-state index contributed by atoms with van der Waals surface area (Å²) in [6, 6.07) is 12.5. The Labute approximate surface area is 208 Å². The van der Waals surface area contributed by atoms with Crippen molar-refractivity contribution in [2.45, 2.75) is 12.2 Å². The van der Waals surface area contributed by atoms with Gasteiger partial charge >= 0.3 is 6.18 Å². The number of hydrogen-bond acceptors (Lipinski definition) is 3. The van der Waals surface area contributed by atoms with E-state index in [4.69, 9.17) is 27.6 Å². The summed E-state index contributed by atoms with van der Waals surface area (Å²) in [7, 11) is 0. The van der Waals surface area contributed by atoms with Gasteiger partial charge in [0.05, 0.1) is 32.6 Å². The molecule has 1 aliphatic heterocycles. The highest BCUT2D eigenvalue weighted by molar-refractivity contribution is 9.10. The lowest BCUT2D eigenvalue weighted by Gasteiger charge is -2.26. The standard InChI is InChI=1S/C24H11BrCl2F3NO3/c25-13-5-7-18-15(10-13)21(32)19-20(11-4-6-16(26)17(27)8-11)31(23(33)22(19)34-18)14-3-1-2-12(9-14)24(28,29)30/h1-10,20H. The Kier molecular flexibility index (Phi) is 5.50. The molecule has 1 amide bonds. The van der Waals surface area contributed by atoms with Gasteiger partial charge in [0.2, 0.25) is 5.76 Å². The summed E-state index contributed by atoms with van der Waals surface area (Å²) in [4.78, 5) is 28.2. The van der Waals surface area contributed by atoms with Gasteiger partial charge in [-0.15, -0.1) is 0 Å². The SMILES string of the molecule is O=C1c2oc3ccc(Br)cc3c(=O)c2C(c2ccc(Cl)c(Cl)c2)N1c1cccc(C(F)(F)F)c1. The number of benzene rings is 3. The van der Waals surface area contributed by atoms with E-state index in [1.54, 1.807) is 18.2 Å². The molecular weight excluding hydrogens is 558 g/mol. The highest BCUT2D eigenvalue weighted by atomic mass is 79.9. The smallest absolute Gasteiger partial charge is 0.416 e. The number of halogens is 6. The van der Waals surface area contributed by atoms with Crippen molar-refractivity contribution < 1.29 is 22.4 Å². The summed E-state index contributed by atoms with van der Waals surface area (Å²) in [6.45, 7) is 0. The van der Waals surface area contributed by atoms with Gasteiger partial charge in [-0.3, -0.25) is 14.5 Å². The van der Waals surface area contributed by atoms with E-state index in [2.05, 4.69) is 15.9 Å². The number of alkyl halides is 3. The minimum absolute atomic E-state index is 0.00593. The van der Waals surface area contributed by atoms with Gasteiger partial charge in [0.25, 0.3) is 5.91 Å². The van der Waals surface area contributed by atoms with Gasteiger partial charge in [0, 0.05) is 10.2 Å². The molecule has 1 unspecified atom stereocenters. The predicted molar refractivity (Wildman–Crippen MR) is 127 cm³/mol. The van der Waals surface area contributed by atoms with Crippen molar-refractivity contribution in [3.05, 3.63) is 108 Å². The molecule has 0 saturated heterocycles. The average Bonchev–Trinajstić information content (AvgIpc) is 3.08. The molecule has 10 heteroatoms. The molecule has 0 N–H and O–H groups in total. The van der Waals surface area contributed by atoms with Crippen molar-refractivity contribution in [3.8, 4) is 0 Å². The summed E-state index contributed by atoms with van der Waals surface area (Å²) >= 11 is 15.6. The first-order valence-electron chi connectivity index (χ1n) is 9.78. The lowest BCUT2D eigenvalue weighted by atomic mass is 9.98. The average molecular weight is 569 g/mol. The Balaban J connectivity index is 1.81. The second-order valence-corrected chi connectivity index (χ2v) is 9.34. The molecule has 34 heavy (non-hydrogen) atoms. The van der Waals surface area contributed by atoms with Crippen LogP contribution in [0.15, 0.2) is 74.3 Å². The monoisotopic (exact) mass is 567 g/mol. The number of anilines is 1. The fourth-order valence-corrected chi connectivity index (χ4v) is 4.71. The van der Waals surface area contributed by atoms with Crippen LogP contribution in [0.1, 0.15) is 33.3 Å². The first-order chi connectivity index (χ1) is 16.1. The highest BCUT2D eigenvalue weighted by Gasteiger charge is 2.44. The van der Waals surface area contributed by atoms with E-state index in [1.807, 2.05) is 0 Å². The van der Waals surface area contributed by atoms with E-state index in [-0.39, 0.29) is 38.0 Å². The van der Waals surface area contributed by atoms with Crippen molar-refractivity contribution in [3.63, 3.8) is 0 Å². The van der Waals surface area contributed by atoms with Crippen LogP contribution in [0.5, 0.6) is 0 Å². The summed E-state index contributed by atoms with van der Waals surface area (Å²) in [5, 5.41) is 0.629. The Morgan fingerprint density at radius 3 is 2.41 bits per heavy atom. The van der Waals surface area contributed by atoms with Crippen molar-refractivity contribution in [1.29, 1.82) is 0 Å².